The van der Waals surface area contributed by atoms with Crippen molar-refractivity contribution in [1.82, 2.24) is 14.5 Å². The molecule has 0 bridgehead atoms. The highest BCUT2D eigenvalue weighted by Gasteiger charge is 2.31. The molecule has 1 fully saturated rings. The summed E-state index contributed by atoms with van der Waals surface area (Å²) in [6, 6.07) is 6.88. The van der Waals surface area contributed by atoms with Gasteiger partial charge in [-0.1, -0.05) is 0 Å². The molecule has 2 aromatic heterocycles. The fourth-order valence-electron chi connectivity index (χ4n) is 4.07. The number of anilines is 1. The quantitative estimate of drug-likeness (QED) is 0.377. The molecule has 12 nitrogen and oxygen atoms in total. The number of aromatic nitrogens is 3. The molecule has 12 heteroatoms. The monoisotopic (exact) mass is 493 g/mol. The van der Waals surface area contributed by atoms with E-state index >= 15 is 0 Å². The number of methoxy groups -OCH3 is 1. The number of hydrogen-bond donors (Lipinski definition) is 1. The molecule has 2 aliphatic heterocycles. The van der Waals surface area contributed by atoms with E-state index in [1.54, 1.807) is 24.4 Å². The maximum absolute atomic E-state index is 12.7. The maximum atomic E-state index is 12.7. The molecule has 0 unspecified atom stereocenters. The predicted octanol–water partition coefficient (Wildman–Crippen LogP) is 1.23. The Hall–Kier alpha value is -4.48. The number of benzene rings is 1. The van der Waals surface area contributed by atoms with Gasteiger partial charge in [-0.25, -0.2) is 9.78 Å². The van der Waals surface area contributed by atoms with Crippen molar-refractivity contribution in [2.45, 2.75) is 25.5 Å². The van der Waals surface area contributed by atoms with E-state index in [9.17, 15) is 14.4 Å². The van der Waals surface area contributed by atoms with Gasteiger partial charge in [0.25, 0.3) is 5.91 Å². The summed E-state index contributed by atoms with van der Waals surface area (Å²) in [5, 5.41) is 4.09. The molecule has 0 spiro atoms. The summed E-state index contributed by atoms with van der Waals surface area (Å²) in [6.07, 6.45) is 2.69. The Bertz CT molecular complexity index is 1400. The van der Waals surface area contributed by atoms with Crippen LogP contribution in [0.5, 0.6) is 11.5 Å². The Morgan fingerprint density at radius 2 is 2.17 bits per heavy atom. The van der Waals surface area contributed by atoms with Gasteiger partial charge in [0.05, 0.1) is 12.7 Å². The standard InChI is InChI=1S/C24H23N5O7/c1-33-20-16(34-11-12-35-23(32)17-6-7-18(30)36-17)5-4-15-19(20)27-24(29-10-9-26-21(15)29)28-22(31)14-3-2-8-25-13-14/h2-5,8,13,17,26H,6-7,9-12H2,1H3/t17-/m0/s1. The Balaban J connectivity index is 1.40. The van der Waals surface area contributed by atoms with Crippen LogP contribution < -0.4 is 20.4 Å². The van der Waals surface area contributed by atoms with Crippen LogP contribution in [0.4, 0.5) is 5.82 Å². The number of rotatable bonds is 7. The van der Waals surface area contributed by atoms with Gasteiger partial charge in [0.15, 0.2) is 17.6 Å². The molecular formula is C24H23N5O7. The first-order valence-electron chi connectivity index (χ1n) is 11.4. The van der Waals surface area contributed by atoms with Crippen LogP contribution in [0.1, 0.15) is 23.2 Å². The molecule has 0 saturated carbocycles. The van der Waals surface area contributed by atoms with E-state index < -0.39 is 23.9 Å². The van der Waals surface area contributed by atoms with Gasteiger partial charge in [-0.3, -0.25) is 19.1 Å². The molecule has 1 aromatic carbocycles. The van der Waals surface area contributed by atoms with Gasteiger partial charge in [-0.2, -0.15) is 4.99 Å². The molecule has 4 heterocycles. The van der Waals surface area contributed by atoms with Crippen LogP contribution in [-0.4, -0.2) is 65.4 Å². The second kappa shape index (κ2) is 10.0. The summed E-state index contributed by atoms with van der Waals surface area (Å²) in [5.41, 5.74) is 1.04. The molecular weight excluding hydrogens is 470 g/mol. The van der Waals surface area contributed by atoms with Gasteiger partial charge in [0.2, 0.25) is 5.62 Å². The third kappa shape index (κ3) is 4.57. The third-order valence-electron chi connectivity index (χ3n) is 5.75. The lowest BCUT2D eigenvalue weighted by Crippen LogP contribution is -2.25. The van der Waals surface area contributed by atoms with E-state index in [1.807, 2.05) is 10.6 Å². The molecule has 3 aromatic rings. The van der Waals surface area contributed by atoms with E-state index in [-0.39, 0.29) is 25.3 Å². The highest BCUT2D eigenvalue weighted by molar-refractivity contribution is 5.96. The molecule has 5 rings (SSSR count). The van der Waals surface area contributed by atoms with Crippen molar-refractivity contribution in [3.05, 3.63) is 47.8 Å². The average molecular weight is 493 g/mol. The number of hydrogen-bond acceptors (Lipinski definition) is 10. The van der Waals surface area contributed by atoms with Gasteiger partial charge in [0, 0.05) is 43.7 Å². The van der Waals surface area contributed by atoms with E-state index in [1.165, 1.54) is 13.3 Å². The van der Waals surface area contributed by atoms with E-state index in [2.05, 4.69) is 20.3 Å². The van der Waals surface area contributed by atoms with E-state index in [0.29, 0.717) is 42.1 Å². The highest BCUT2D eigenvalue weighted by Crippen LogP contribution is 2.37. The van der Waals surface area contributed by atoms with Crippen LogP contribution in [0.25, 0.3) is 10.9 Å². The maximum Gasteiger partial charge on any atom is 0.347 e. The number of pyridine rings is 1. The van der Waals surface area contributed by atoms with E-state index in [0.717, 1.165) is 11.2 Å². The fraction of sp³-hybridized carbons (Fsp3) is 0.333. The molecule has 1 saturated heterocycles. The summed E-state index contributed by atoms with van der Waals surface area (Å²) in [4.78, 5) is 48.7. The zero-order valence-corrected chi connectivity index (χ0v) is 19.4. The number of esters is 2. The second-order valence-corrected chi connectivity index (χ2v) is 8.02. The van der Waals surface area contributed by atoms with Crippen LogP contribution in [0.15, 0.2) is 41.7 Å². The van der Waals surface area contributed by atoms with Crippen molar-refractivity contribution in [3.8, 4) is 11.5 Å². The first kappa shape index (κ1) is 23.3. The van der Waals surface area contributed by atoms with Crippen molar-refractivity contribution in [2.24, 2.45) is 4.99 Å². The zero-order chi connectivity index (χ0) is 25.1. The molecule has 1 atom stereocenters. The number of cyclic esters (lactones) is 1. The van der Waals surface area contributed by atoms with Gasteiger partial charge in [0.1, 0.15) is 24.5 Å². The lowest BCUT2D eigenvalue weighted by molar-refractivity contribution is -0.161. The zero-order valence-electron chi connectivity index (χ0n) is 19.4. The van der Waals surface area contributed by atoms with Gasteiger partial charge >= 0.3 is 11.9 Å². The largest absolute Gasteiger partial charge is 0.491 e. The smallest absolute Gasteiger partial charge is 0.347 e. The van der Waals surface area contributed by atoms with Crippen LogP contribution in [-0.2, 0) is 25.6 Å². The highest BCUT2D eigenvalue weighted by atomic mass is 16.6. The number of amides is 1. The van der Waals surface area contributed by atoms with Crippen molar-refractivity contribution < 1.29 is 33.3 Å². The first-order chi connectivity index (χ1) is 17.5. The fourth-order valence-corrected chi connectivity index (χ4v) is 4.07. The van der Waals surface area contributed by atoms with Crippen LogP contribution in [0.3, 0.4) is 0 Å². The van der Waals surface area contributed by atoms with Gasteiger partial charge in [-0.05, 0) is 24.3 Å². The summed E-state index contributed by atoms with van der Waals surface area (Å²) in [7, 11) is 1.49. The lowest BCUT2D eigenvalue weighted by atomic mass is 10.2. The Kier molecular flexibility index (Phi) is 6.48. The minimum absolute atomic E-state index is 0.0384. The molecule has 0 aliphatic carbocycles. The molecule has 1 N–H and O–H groups in total. The Labute approximate surface area is 204 Å². The van der Waals surface area contributed by atoms with Crippen molar-refractivity contribution in [2.75, 3.05) is 32.2 Å². The minimum Gasteiger partial charge on any atom is -0.491 e. The minimum atomic E-state index is -0.861. The van der Waals surface area contributed by atoms with Crippen molar-refractivity contribution in [1.29, 1.82) is 0 Å². The SMILES string of the molecule is COc1c(OCCOC(=O)[C@@H]2CCC(=O)O2)ccc2c3n(c(=NC(=O)c4cccnc4)nc12)CCN3. The summed E-state index contributed by atoms with van der Waals surface area (Å²) < 4.78 is 23.3. The first-order valence-corrected chi connectivity index (χ1v) is 11.4. The predicted molar refractivity (Wildman–Crippen MR) is 124 cm³/mol. The van der Waals surface area contributed by atoms with Gasteiger partial charge in [-0.15, -0.1) is 0 Å². The number of ether oxygens (including phenoxy) is 4. The molecule has 2 aliphatic rings. The number of carbonyl (C=O) groups is 3. The summed E-state index contributed by atoms with van der Waals surface area (Å²) in [6.45, 7) is 1.26. The second-order valence-electron chi connectivity index (χ2n) is 8.02. The van der Waals surface area contributed by atoms with Gasteiger partial charge < -0.3 is 24.3 Å². The number of fused-ring (bicyclic) bond motifs is 3. The molecule has 0 radical (unpaired) electrons. The third-order valence-corrected chi connectivity index (χ3v) is 5.75. The van der Waals surface area contributed by atoms with E-state index in [4.69, 9.17) is 18.9 Å². The topological polar surface area (TPSA) is 143 Å². The van der Waals surface area contributed by atoms with Crippen LogP contribution >= 0.6 is 0 Å². The number of nitrogens with one attached hydrogen (secondary N) is 1. The lowest BCUT2D eigenvalue weighted by Gasteiger charge is -2.15. The Morgan fingerprint density at radius 3 is 2.92 bits per heavy atom. The molecule has 186 valence electrons. The average Bonchev–Trinajstić information content (AvgIpc) is 3.56. The van der Waals surface area contributed by atoms with Crippen LogP contribution in [0, 0.1) is 0 Å². The number of nitrogens with zero attached hydrogens (tertiary/aromatic N) is 4. The molecule has 36 heavy (non-hydrogen) atoms. The normalized spacial score (nSPS) is 16.9. The number of carbonyl (C=O) groups excluding carboxylic acids is 3. The van der Waals surface area contributed by atoms with Crippen molar-refractivity contribution in [3.63, 3.8) is 0 Å². The summed E-state index contributed by atoms with van der Waals surface area (Å²) in [5.74, 6) is 0.0355. The Morgan fingerprint density at radius 1 is 1.28 bits per heavy atom. The van der Waals surface area contributed by atoms with Crippen LogP contribution in [0.2, 0.25) is 0 Å². The summed E-state index contributed by atoms with van der Waals surface area (Å²) >= 11 is 0. The van der Waals surface area contributed by atoms with Crippen molar-refractivity contribution >= 4 is 34.6 Å². The molecule has 1 amide bonds.